The summed E-state index contributed by atoms with van der Waals surface area (Å²) in [6.07, 6.45) is 3.17. The molecule has 0 amide bonds. The number of hydrogen-bond acceptors (Lipinski definition) is 6. The lowest BCUT2D eigenvalue weighted by atomic mass is 10.4. The van der Waals surface area contributed by atoms with Crippen molar-refractivity contribution in [3.8, 4) is 0 Å². The molecule has 0 fully saturated rings. The smallest absolute Gasteiger partial charge is 0.226 e. The number of halogens is 1. The Hall–Kier alpha value is -2.28. The third kappa shape index (κ3) is 2.07. The largest absolute Gasteiger partial charge is 0.362 e. The maximum atomic E-state index is 5.82. The summed E-state index contributed by atoms with van der Waals surface area (Å²) < 4.78 is 0. The lowest BCUT2D eigenvalue weighted by molar-refractivity contribution is 0.920. The third-order valence-corrected chi connectivity index (χ3v) is 2.49. The van der Waals surface area contributed by atoms with Crippen molar-refractivity contribution in [2.75, 3.05) is 5.32 Å². The Bertz CT molecular complexity index is 666. The van der Waals surface area contributed by atoms with Gasteiger partial charge in [0.25, 0.3) is 0 Å². The van der Waals surface area contributed by atoms with Crippen LogP contribution in [-0.2, 0) is 6.54 Å². The molecule has 0 aliphatic rings. The Morgan fingerprint density at radius 3 is 3.11 bits per heavy atom. The normalized spacial score (nSPS) is 10.7. The molecule has 18 heavy (non-hydrogen) atoms. The summed E-state index contributed by atoms with van der Waals surface area (Å²) in [6.45, 7) is 0.495. The van der Waals surface area contributed by atoms with Crippen molar-refractivity contribution in [3.63, 3.8) is 0 Å². The number of aromatic amines is 1. The van der Waals surface area contributed by atoms with Crippen LogP contribution in [0.5, 0.6) is 0 Å². The quantitative estimate of drug-likeness (QED) is 0.693. The first-order chi connectivity index (χ1) is 8.83. The van der Waals surface area contributed by atoms with Gasteiger partial charge in [-0.1, -0.05) is 0 Å². The number of fused-ring (bicyclic) bond motifs is 1. The highest BCUT2D eigenvalue weighted by Crippen LogP contribution is 2.18. The van der Waals surface area contributed by atoms with E-state index in [4.69, 9.17) is 11.6 Å². The molecule has 0 saturated heterocycles. The van der Waals surface area contributed by atoms with Gasteiger partial charge in [-0.05, 0) is 23.7 Å². The fraction of sp³-hybridized carbons (Fsp3) is 0.100. The van der Waals surface area contributed by atoms with Gasteiger partial charge in [-0.2, -0.15) is 20.2 Å². The fourth-order valence-corrected chi connectivity index (χ4v) is 1.70. The topological polar surface area (TPSA) is 92.3 Å². The summed E-state index contributed by atoms with van der Waals surface area (Å²) in [7, 11) is 0. The first kappa shape index (κ1) is 10.8. The number of anilines is 1. The zero-order valence-electron chi connectivity index (χ0n) is 9.13. The molecular formula is C10H8ClN7. The number of nitrogens with zero attached hydrogens (tertiary/aromatic N) is 5. The van der Waals surface area contributed by atoms with Crippen molar-refractivity contribution in [2.24, 2.45) is 0 Å². The van der Waals surface area contributed by atoms with Crippen LogP contribution in [0, 0.1) is 0 Å². The van der Waals surface area contributed by atoms with Gasteiger partial charge in [-0.15, -0.1) is 0 Å². The molecule has 90 valence electrons. The van der Waals surface area contributed by atoms with Gasteiger partial charge in [-0.3, -0.25) is 0 Å². The van der Waals surface area contributed by atoms with Gasteiger partial charge in [-0.25, -0.2) is 4.98 Å². The molecule has 3 heterocycles. The van der Waals surface area contributed by atoms with Gasteiger partial charge in [0.1, 0.15) is 5.52 Å². The molecule has 3 aromatic rings. The Balaban J connectivity index is 1.88. The minimum Gasteiger partial charge on any atom is -0.362 e. The van der Waals surface area contributed by atoms with Gasteiger partial charge < -0.3 is 10.3 Å². The average molecular weight is 262 g/mol. The Morgan fingerprint density at radius 1 is 1.33 bits per heavy atom. The molecule has 0 saturated carbocycles. The zero-order chi connectivity index (χ0) is 12.4. The van der Waals surface area contributed by atoms with E-state index < -0.39 is 0 Å². The second-order valence-electron chi connectivity index (χ2n) is 3.51. The standard InChI is InChI=1S/C10H8ClN7/c11-10-16-8(7-9(17-10)14-5-13-7)12-4-6-2-1-3-15-18-6/h1-3,5H,4H2,(H2,12,13,14,16,17). The van der Waals surface area contributed by atoms with Crippen LogP contribution in [-0.4, -0.2) is 30.1 Å². The molecule has 0 bridgehead atoms. The fourth-order valence-electron chi connectivity index (χ4n) is 1.54. The average Bonchev–Trinajstić information content (AvgIpc) is 2.85. The highest BCUT2D eigenvalue weighted by atomic mass is 35.5. The van der Waals surface area contributed by atoms with Crippen molar-refractivity contribution in [1.29, 1.82) is 0 Å². The van der Waals surface area contributed by atoms with Crippen LogP contribution < -0.4 is 5.32 Å². The predicted octanol–water partition coefficient (Wildman–Crippen LogP) is 1.41. The van der Waals surface area contributed by atoms with Crippen molar-refractivity contribution in [3.05, 3.63) is 35.6 Å². The molecule has 0 spiro atoms. The summed E-state index contributed by atoms with van der Waals surface area (Å²) >= 11 is 5.82. The molecule has 8 heteroatoms. The summed E-state index contributed by atoms with van der Waals surface area (Å²) in [4.78, 5) is 15.1. The van der Waals surface area contributed by atoms with E-state index in [1.165, 1.54) is 0 Å². The number of rotatable bonds is 3. The van der Waals surface area contributed by atoms with E-state index in [1.54, 1.807) is 12.5 Å². The first-order valence-corrected chi connectivity index (χ1v) is 5.58. The lowest BCUT2D eigenvalue weighted by Crippen LogP contribution is -2.05. The van der Waals surface area contributed by atoms with E-state index in [1.807, 2.05) is 12.1 Å². The van der Waals surface area contributed by atoms with E-state index in [0.29, 0.717) is 23.5 Å². The van der Waals surface area contributed by atoms with Crippen molar-refractivity contribution >= 4 is 28.6 Å². The maximum absolute atomic E-state index is 5.82. The number of nitrogens with one attached hydrogen (secondary N) is 2. The zero-order valence-corrected chi connectivity index (χ0v) is 9.89. The second-order valence-corrected chi connectivity index (χ2v) is 3.85. The van der Waals surface area contributed by atoms with Crippen molar-refractivity contribution in [1.82, 2.24) is 30.1 Å². The molecule has 7 nitrogen and oxygen atoms in total. The van der Waals surface area contributed by atoms with Crippen LogP contribution in [0.25, 0.3) is 11.2 Å². The van der Waals surface area contributed by atoms with Crippen LogP contribution in [0.2, 0.25) is 5.28 Å². The van der Waals surface area contributed by atoms with Crippen molar-refractivity contribution < 1.29 is 0 Å². The van der Waals surface area contributed by atoms with E-state index in [2.05, 4.69) is 35.5 Å². The predicted molar refractivity (Wildman–Crippen MR) is 66.1 cm³/mol. The first-order valence-electron chi connectivity index (χ1n) is 5.20. The molecule has 3 rings (SSSR count). The van der Waals surface area contributed by atoms with Crippen LogP contribution in [0.4, 0.5) is 5.82 Å². The summed E-state index contributed by atoms with van der Waals surface area (Å²) in [5, 5.41) is 11.0. The molecule has 0 unspecified atom stereocenters. The number of imidazole rings is 1. The van der Waals surface area contributed by atoms with Crippen molar-refractivity contribution in [2.45, 2.75) is 6.54 Å². The summed E-state index contributed by atoms with van der Waals surface area (Å²) in [5.41, 5.74) is 2.04. The number of hydrogen-bond donors (Lipinski definition) is 2. The minimum absolute atomic E-state index is 0.149. The van der Waals surface area contributed by atoms with E-state index in [9.17, 15) is 0 Å². The Labute approximate surface area is 107 Å². The molecular weight excluding hydrogens is 254 g/mol. The number of aromatic nitrogens is 6. The molecule has 0 aliphatic carbocycles. The molecule has 0 aliphatic heterocycles. The number of H-pyrrole nitrogens is 1. The van der Waals surface area contributed by atoms with Gasteiger partial charge in [0.2, 0.25) is 5.28 Å². The minimum atomic E-state index is 0.149. The van der Waals surface area contributed by atoms with E-state index in [0.717, 1.165) is 5.69 Å². The third-order valence-electron chi connectivity index (χ3n) is 2.32. The van der Waals surface area contributed by atoms with Crippen LogP contribution >= 0.6 is 11.6 Å². The van der Waals surface area contributed by atoms with Gasteiger partial charge in [0.05, 0.1) is 18.6 Å². The maximum Gasteiger partial charge on any atom is 0.226 e. The molecule has 2 N–H and O–H groups in total. The van der Waals surface area contributed by atoms with E-state index in [-0.39, 0.29) is 5.28 Å². The van der Waals surface area contributed by atoms with Gasteiger partial charge in [0, 0.05) is 6.20 Å². The summed E-state index contributed by atoms with van der Waals surface area (Å²) in [5.74, 6) is 0.591. The molecule has 0 aromatic carbocycles. The molecule has 3 aromatic heterocycles. The summed E-state index contributed by atoms with van der Waals surface area (Å²) in [6, 6.07) is 3.69. The molecule has 0 atom stereocenters. The highest BCUT2D eigenvalue weighted by Gasteiger charge is 2.08. The van der Waals surface area contributed by atoms with Crippen LogP contribution in [0.3, 0.4) is 0 Å². The van der Waals surface area contributed by atoms with Crippen LogP contribution in [0.15, 0.2) is 24.7 Å². The second kappa shape index (κ2) is 4.53. The monoisotopic (exact) mass is 261 g/mol. The SMILES string of the molecule is Clc1nc(NCc2cccnn2)c2[nH]cnc2n1. The highest BCUT2D eigenvalue weighted by molar-refractivity contribution is 6.28. The molecule has 0 radical (unpaired) electrons. The Morgan fingerprint density at radius 2 is 2.28 bits per heavy atom. The lowest BCUT2D eigenvalue weighted by Gasteiger charge is -2.05. The Kier molecular flexibility index (Phi) is 2.73. The van der Waals surface area contributed by atoms with E-state index >= 15 is 0 Å². The van der Waals surface area contributed by atoms with Gasteiger partial charge >= 0.3 is 0 Å². The van der Waals surface area contributed by atoms with Crippen LogP contribution in [0.1, 0.15) is 5.69 Å². The van der Waals surface area contributed by atoms with Gasteiger partial charge in [0.15, 0.2) is 11.5 Å².